The van der Waals surface area contributed by atoms with Gasteiger partial charge in [-0.1, -0.05) is 6.08 Å². The molecule has 0 amide bonds. The fourth-order valence-electron chi connectivity index (χ4n) is 3.31. The summed E-state index contributed by atoms with van der Waals surface area (Å²) in [7, 11) is 8.00. The molecule has 158 valence electrons. The van der Waals surface area contributed by atoms with Gasteiger partial charge in [-0.25, -0.2) is 0 Å². The lowest BCUT2D eigenvalue weighted by atomic mass is 9.97. The molecule has 0 fully saturated rings. The van der Waals surface area contributed by atoms with E-state index in [-0.39, 0.29) is 0 Å². The minimum atomic E-state index is 0.548. The lowest BCUT2D eigenvalue weighted by Crippen LogP contribution is -2.05. The maximum absolute atomic E-state index is 5.48. The first-order valence-corrected chi connectivity index (χ1v) is 9.39. The van der Waals surface area contributed by atoms with Gasteiger partial charge in [0.15, 0.2) is 23.0 Å². The van der Waals surface area contributed by atoms with E-state index in [0.29, 0.717) is 35.2 Å². The summed E-state index contributed by atoms with van der Waals surface area (Å²) in [6.45, 7) is 1.95. The quantitative estimate of drug-likeness (QED) is 0.685. The molecule has 2 aromatic rings. The average Bonchev–Trinajstić information content (AvgIpc) is 2.93. The number of nitrogens with zero attached hydrogens (tertiary/aromatic N) is 2. The number of fused-ring (bicyclic) bond motifs is 1. The molecule has 0 aromatic heterocycles. The van der Waals surface area contributed by atoms with Gasteiger partial charge in [-0.15, -0.1) is 0 Å². The number of hydrogen-bond acceptors (Lipinski definition) is 7. The van der Waals surface area contributed by atoms with E-state index >= 15 is 0 Å². The molecule has 0 saturated heterocycles. The molecule has 0 unspecified atom stereocenters. The number of allylic oxidation sites excluding steroid dienone is 1. The van der Waals surface area contributed by atoms with Crippen molar-refractivity contribution in [3.05, 3.63) is 47.0 Å². The Balaban J connectivity index is 2.06. The first kappa shape index (κ1) is 21.2. The van der Waals surface area contributed by atoms with Crippen molar-refractivity contribution in [1.29, 1.82) is 0 Å². The highest BCUT2D eigenvalue weighted by Gasteiger charge is 2.18. The number of methoxy groups -OCH3 is 5. The van der Waals surface area contributed by atoms with Gasteiger partial charge in [0.25, 0.3) is 0 Å². The van der Waals surface area contributed by atoms with Crippen LogP contribution in [0.3, 0.4) is 0 Å². The van der Waals surface area contributed by atoms with E-state index in [0.717, 1.165) is 28.1 Å². The smallest absolute Gasteiger partial charge is 0.203 e. The van der Waals surface area contributed by atoms with Crippen LogP contribution in [0.15, 0.2) is 40.5 Å². The molecular formula is C23H26N2O5. The molecule has 0 radical (unpaired) electrons. The average molecular weight is 410 g/mol. The molecule has 0 N–H and O–H groups in total. The van der Waals surface area contributed by atoms with E-state index in [9.17, 15) is 0 Å². The van der Waals surface area contributed by atoms with Crippen LogP contribution in [0.4, 0.5) is 0 Å². The molecule has 0 atom stereocenters. The first-order chi connectivity index (χ1) is 14.5. The monoisotopic (exact) mass is 410 g/mol. The fourth-order valence-corrected chi connectivity index (χ4v) is 3.31. The zero-order valence-electron chi connectivity index (χ0n) is 18.1. The summed E-state index contributed by atoms with van der Waals surface area (Å²) in [5.74, 6) is 3.04. The summed E-state index contributed by atoms with van der Waals surface area (Å²) >= 11 is 0. The van der Waals surface area contributed by atoms with E-state index in [4.69, 9.17) is 23.7 Å². The number of rotatable bonds is 7. The van der Waals surface area contributed by atoms with Gasteiger partial charge in [-0.2, -0.15) is 10.2 Å². The third-order valence-electron chi connectivity index (χ3n) is 4.78. The van der Waals surface area contributed by atoms with Gasteiger partial charge < -0.3 is 23.7 Å². The van der Waals surface area contributed by atoms with Gasteiger partial charge in [-0.3, -0.25) is 0 Å². The normalized spacial score (nSPS) is 13.1. The van der Waals surface area contributed by atoms with Gasteiger partial charge in [0.05, 0.1) is 41.3 Å². The third-order valence-corrected chi connectivity index (χ3v) is 4.78. The molecule has 0 spiro atoms. The zero-order chi connectivity index (χ0) is 21.7. The van der Waals surface area contributed by atoms with E-state index in [1.54, 1.807) is 35.5 Å². The van der Waals surface area contributed by atoms with Crippen LogP contribution < -0.4 is 23.7 Å². The lowest BCUT2D eigenvalue weighted by Gasteiger charge is -2.14. The van der Waals surface area contributed by atoms with Gasteiger partial charge in [0.2, 0.25) is 5.75 Å². The molecular weight excluding hydrogens is 384 g/mol. The minimum Gasteiger partial charge on any atom is -0.493 e. The van der Waals surface area contributed by atoms with Crippen molar-refractivity contribution >= 4 is 17.5 Å². The highest BCUT2D eigenvalue weighted by Crippen LogP contribution is 2.38. The molecule has 30 heavy (non-hydrogen) atoms. The maximum atomic E-state index is 5.48. The summed E-state index contributed by atoms with van der Waals surface area (Å²) in [4.78, 5) is 0. The van der Waals surface area contributed by atoms with Crippen LogP contribution >= 0.6 is 0 Å². The van der Waals surface area contributed by atoms with Crippen LogP contribution in [0.25, 0.3) is 6.08 Å². The molecule has 7 nitrogen and oxygen atoms in total. The molecule has 3 rings (SSSR count). The largest absolute Gasteiger partial charge is 0.493 e. The molecule has 1 aliphatic heterocycles. The summed E-state index contributed by atoms with van der Waals surface area (Å²) in [6.07, 6.45) is 4.52. The molecule has 0 saturated carbocycles. The Hall–Kier alpha value is -3.48. The SMILES string of the molecule is COc1cc2c(cc1OC)C(C=Cc1cc(OC)c(OC)c(OC)c1)=NN=C(C)C2. The third kappa shape index (κ3) is 4.25. The standard InChI is InChI=1S/C23H26N2O5/c1-14-9-16-12-19(26-2)20(27-3)13-17(16)18(25-24-14)8-7-15-10-21(28-4)23(30-6)22(11-15)29-5/h7-8,10-13H,9H2,1-6H3. The van der Waals surface area contributed by atoms with Crippen molar-refractivity contribution in [2.24, 2.45) is 10.2 Å². The number of ether oxygens (including phenoxy) is 5. The first-order valence-electron chi connectivity index (χ1n) is 9.39. The van der Waals surface area contributed by atoms with Crippen LogP contribution in [-0.2, 0) is 6.42 Å². The van der Waals surface area contributed by atoms with E-state index in [2.05, 4.69) is 10.2 Å². The van der Waals surface area contributed by atoms with Crippen molar-refractivity contribution in [3.8, 4) is 28.7 Å². The summed E-state index contributed by atoms with van der Waals surface area (Å²) < 4.78 is 27.2. The van der Waals surface area contributed by atoms with E-state index in [1.165, 1.54) is 0 Å². The topological polar surface area (TPSA) is 70.9 Å². The van der Waals surface area contributed by atoms with Crippen LogP contribution in [0.1, 0.15) is 23.6 Å². The Morgan fingerprint density at radius 2 is 1.30 bits per heavy atom. The van der Waals surface area contributed by atoms with Crippen molar-refractivity contribution in [3.63, 3.8) is 0 Å². The molecule has 1 aliphatic rings. The van der Waals surface area contributed by atoms with E-state index in [1.807, 2.05) is 43.3 Å². The summed E-state index contributed by atoms with van der Waals surface area (Å²) in [5, 5.41) is 8.78. The van der Waals surface area contributed by atoms with Crippen molar-refractivity contribution in [2.45, 2.75) is 13.3 Å². The highest BCUT2D eigenvalue weighted by atomic mass is 16.5. The molecule has 1 heterocycles. The Morgan fingerprint density at radius 3 is 1.87 bits per heavy atom. The Bertz CT molecular complexity index is 999. The lowest BCUT2D eigenvalue weighted by molar-refractivity contribution is 0.324. The van der Waals surface area contributed by atoms with Gasteiger partial charge in [0.1, 0.15) is 0 Å². The van der Waals surface area contributed by atoms with Gasteiger partial charge in [-0.05, 0) is 48.4 Å². The van der Waals surface area contributed by atoms with Gasteiger partial charge in [0, 0.05) is 17.7 Å². The van der Waals surface area contributed by atoms with Crippen LogP contribution in [0, 0.1) is 0 Å². The minimum absolute atomic E-state index is 0.548. The summed E-state index contributed by atoms with van der Waals surface area (Å²) in [6, 6.07) is 7.65. The van der Waals surface area contributed by atoms with Crippen molar-refractivity contribution in [2.75, 3.05) is 35.5 Å². The predicted molar refractivity (Wildman–Crippen MR) is 118 cm³/mol. The van der Waals surface area contributed by atoms with Gasteiger partial charge >= 0.3 is 0 Å². The molecule has 7 heteroatoms. The van der Waals surface area contributed by atoms with Crippen LogP contribution in [0.5, 0.6) is 28.7 Å². The number of hydrogen-bond donors (Lipinski definition) is 0. The Labute approximate surface area is 176 Å². The maximum Gasteiger partial charge on any atom is 0.203 e. The second-order valence-corrected chi connectivity index (χ2v) is 6.65. The second kappa shape index (κ2) is 9.35. The van der Waals surface area contributed by atoms with E-state index < -0.39 is 0 Å². The van der Waals surface area contributed by atoms with Crippen molar-refractivity contribution < 1.29 is 23.7 Å². The molecule has 0 bridgehead atoms. The Kier molecular flexibility index (Phi) is 6.61. The van der Waals surface area contributed by atoms with Crippen molar-refractivity contribution in [1.82, 2.24) is 0 Å². The zero-order valence-corrected chi connectivity index (χ0v) is 18.1. The second-order valence-electron chi connectivity index (χ2n) is 6.65. The molecule has 2 aromatic carbocycles. The highest BCUT2D eigenvalue weighted by molar-refractivity contribution is 6.13. The summed E-state index contributed by atoms with van der Waals surface area (Å²) in [5.41, 5.74) is 4.52. The fraction of sp³-hybridized carbons (Fsp3) is 0.304. The Morgan fingerprint density at radius 1 is 0.700 bits per heavy atom. The van der Waals surface area contributed by atoms with Crippen LogP contribution in [0.2, 0.25) is 0 Å². The number of benzene rings is 2. The van der Waals surface area contributed by atoms with Crippen LogP contribution in [-0.4, -0.2) is 47.0 Å². The predicted octanol–water partition coefficient (Wildman–Crippen LogP) is 4.16. The molecule has 0 aliphatic carbocycles.